The fourth-order valence-corrected chi connectivity index (χ4v) is 1.47. The van der Waals surface area contributed by atoms with Crippen molar-refractivity contribution in [3.05, 3.63) is 29.8 Å². The summed E-state index contributed by atoms with van der Waals surface area (Å²) < 4.78 is 5.61. The highest BCUT2D eigenvalue weighted by molar-refractivity contribution is 5.36. The van der Waals surface area contributed by atoms with E-state index >= 15 is 0 Å². The van der Waals surface area contributed by atoms with E-state index in [9.17, 15) is 0 Å². The van der Waals surface area contributed by atoms with E-state index in [1.54, 1.807) is 12.1 Å². The Morgan fingerprint density at radius 3 is 2.93 bits per heavy atom. The van der Waals surface area contributed by atoms with E-state index in [2.05, 4.69) is 19.9 Å². The van der Waals surface area contributed by atoms with Gasteiger partial charge in [0.05, 0.1) is 18.2 Å². The van der Waals surface area contributed by atoms with E-state index in [-0.39, 0.29) is 0 Å². The van der Waals surface area contributed by atoms with Crippen LogP contribution >= 0.6 is 0 Å². The van der Waals surface area contributed by atoms with Gasteiger partial charge in [-0.2, -0.15) is 5.26 Å². The number of rotatable bonds is 5. The molecule has 0 heterocycles. The van der Waals surface area contributed by atoms with Crippen molar-refractivity contribution in [2.75, 3.05) is 6.61 Å². The Kier molecular flexibility index (Phi) is 4.70. The summed E-state index contributed by atoms with van der Waals surface area (Å²) in [7, 11) is 0. The van der Waals surface area contributed by atoms with Crippen molar-refractivity contribution < 1.29 is 4.74 Å². The first-order chi connectivity index (χ1) is 7.26. The second-order valence-electron chi connectivity index (χ2n) is 3.84. The third-order valence-corrected chi connectivity index (χ3v) is 2.28. The number of hydrogen-bond donors (Lipinski definition) is 0. The molecule has 0 radical (unpaired) electrons. The molecule has 0 aliphatic rings. The summed E-state index contributed by atoms with van der Waals surface area (Å²) in [5.74, 6) is 1.36. The van der Waals surface area contributed by atoms with E-state index in [4.69, 9.17) is 10.00 Å². The van der Waals surface area contributed by atoms with Crippen molar-refractivity contribution in [3.63, 3.8) is 0 Å². The molecule has 0 aromatic heterocycles. The van der Waals surface area contributed by atoms with Crippen molar-refractivity contribution in [1.29, 1.82) is 5.26 Å². The van der Waals surface area contributed by atoms with Gasteiger partial charge >= 0.3 is 0 Å². The minimum atomic E-state index is 0.570. The summed E-state index contributed by atoms with van der Waals surface area (Å²) in [6.45, 7) is 5.08. The Bertz CT molecular complexity index is 341. The van der Waals surface area contributed by atoms with Crippen molar-refractivity contribution in [2.45, 2.75) is 26.7 Å². The molecule has 0 aliphatic carbocycles. The van der Waals surface area contributed by atoms with Gasteiger partial charge in [-0.25, -0.2) is 0 Å². The van der Waals surface area contributed by atoms with Crippen LogP contribution < -0.4 is 4.74 Å². The summed E-state index contributed by atoms with van der Waals surface area (Å²) in [6, 6.07) is 9.39. The highest BCUT2D eigenvalue weighted by Gasteiger charge is 2.02. The fourth-order valence-electron chi connectivity index (χ4n) is 1.47. The van der Waals surface area contributed by atoms with Crippen molar-refractivity contribution >= 4 is 0 Å². The van der Waals surface area contributed by atoms with Crippen LogP contribution in [0, 0.1) is 17.2 Å². The maximum Gasteiger partial charge on any atom is 0.120 e. The lowest BCUT2D eigenvalue weighted by molar-refractivity contribution is 0.251. The van der Waals surface area contributed by atoms with Gasteiger partial charge in [0, 0.05) is 0 Å². The minimum Gasteiger partial charge on any atom is -0.493 e. The van der Waals surface area contributed by atoms with Crippen LogP contribution in [0.25, 0.3) is 0 Å². The predicted molar refractivity (Wildman–Crippen MR) is 60.7 cm³/mol. The van der Waals surface area contributed by atoms with Gasteiger partial charge in [-0.15, -0.1) is 0 Å². The first-order valence-electron chi connectivity index (χ1n) is 5.39. The monoisotopic (exact) mass is 203 g/mol. The lowest BCUT2D eigenvalue weighted by Crippen LogP contribution is -2.08. The fraction of sp³-hybridized carbons (Fsp3) is 0.462. The summed E-state index contributed by atoms with van der Waals surface area (Å²) >= 11 is 0. The van der Waals surface area contributed by atoms with Gasteiger partial charge < -0.3 is 4.74 Å². The maximum atomic E-state index is 8.72. The van der Waals surface area contributed by atoms with Crippen LogP contribution in [0.2, 0.25) is 0 Å². The van der Waals surface area contributed by atoms with Crippen LogP contribution in [-0.2, 0) is 0 Å². The quantitative estimate of drug-likeness (QED) is 0.735. The first kappa shape index (κ1) is 11.6. The van der Waals surface area contributed by atoms with Gasteiger partial charge in [-0.1, -0.05) is 26.3 Å². The smallest absolute Gasteiger partial charge is 0.120 e. The molecule has 0 saturated carbocycles. The number of nitrogens with zero attached hydrogens (tertiary/aromatic N) is 1. The number of benzene rings is 1. The molecule has 1 rings (SSSR count). The van der Waals surface area contributed by atoms with Crippen LogP contribution in [0.5, 0.6) is 5.75 Å². The molecule has 15 heavy (non-hydrogen) atoms. The normalized spacial score (nSPS) is 11.8. The minimum absolute atomic E-state index is 0.570. The molecular formula is C13H17NO. The molecule has 0 bridgehead atoms. The van der Waals surface area contributed by atoms with Gasteiger partial charge in [-0.05, 0) is 30.5 Å². The zero-order valence-electron chi connectivity index (χ0n) is 9.36. The van der Waals surface area contributed by atoms with Crippen LogP contribution in [-0.4, -0.2) is 6.61 Å². The predicted octanol–water partition coefficient (Wildman–Crippen LogP) is 3.37. The number of nitriles is 1. The Morgan fingerprint density at radius 1 is 1.47 bits per heavy atom. The van der Waals surface area contributed by atoms with Gasteiger partial charge in [-0.3, -0.25) is 0 Å². The molecule has 0 fully saturated rings. The van der Waals surface area contributed by atoms with E-state index in [1.807, 2.05) is 12.1 Å². The first-order valence-corrected chi connectivity index (χ1v) is 5.39. The third kappa shape index (κ3) is 4.03. The standard InChI is InChI=1S/C13H17NO/c1-3-5-11(2)10-15-13-7-4-6-12(8-13)9-14/h4,6-8,11H,3,5,10H2,1-2H3. The molecule has 1 aromatic rings. The van der Waals surface area contributed by atoms with Gasteiger partial charge in [0.25, 0.3) is 0 Å². The van der Waals surface area contributed by atoms with E-state index in [0.717, 1.165) is 12.4 Å². The number of ether oxygens (including phenoxy) is 1. The zero-order chi connectivity index (χ0) is 11.1. The Labute approximate surface area is 91.5 Å². The summed E-state index contributed by atoms with van der Waals surface area (Å²) in [5.41, 5.74) is 0.649. The summed E-state index contributed by atoms with van der Waals surface area (Å²) in [6.07, 6.45) is 2.36. The molecule has 2 nitrogen and oxygen atoms in total. The van der Waals surface area contributed by atoms with Crippen LogP contribution in [0.4, 0.5) is 0 Å². The van der Waals surface area contributed by atoms with Crippen molar-refractivity contribution in [2.24, 2.45) is 5.92 Å². The Morgan fingerprint density at radius 2 is 2.27 bits per heavy atom. The molecule has 2 heteroatoms. The molecule has 0 N–H and O–H groups in total. The van der Waals surface area contributed by atoms with Gasteiger partial charge in [0.2, 0.25) is 0 Å². The van der Waals surface area contributed by atoms with Crippen LogP contribution in [0.3, 0.4) is 0 Å². The van der Waals surface area contributed by atoms with Crippen LogP contribution in [0.1, 0.15) is 32.3 Å². The third-order valence-electron chi connectivity index (χ3n) is 2.28. The summed E-state index contributed by atoms with van der Waals surface area (Å²) in [4.78, 5) is 0. The molecular weight excluding hydrogens is 186 g/mol. The molecule has 0 amide bonds. The van der Waals surface area contributed by atoms with E-state index in [0.29, 0.717) is 11.5 Å². The highest BCUT2D eigenvalue weighted by Crippen LogP contribution is 2.14. The zero-order valence-corrected chi connectivity index (χ0v) is 9.36. The topological polar surface area (TPSA) is 33.0 Å². The molecule has 80 valence electrons. The van der Waals surface area contributed by atoms with E-state index in [1.165, 1.54) is 12.8 Å². The molecule has 0 spiro atoms. The molecule has 1 unspecified atom stereocenters. The average Bonchev–Trinajstić information content (AvgIpc) is 2.27. The molecule has 1 aromatic carbocycles. The highest BCUT2D eigenvalue weighted by atomic mass is 16.5. The maximum absolute atomic E-state index is 8.72. The lowest BCUT2D eigenvalue weighted by Gasteiger charge is -2.11. The van der Waals surface area contributed by atoms with E-state index < -0.39 is 0 Å². The van der Waals surface area contributed by atoms with Crippen molar-refractivity contribution in [1.82, 2.24) is 0 Å². The number of hydrogen-bond acceptors (Lipinski definition) is 2. The van der Waals surface area contributed by atoms with Crippen LogP contribution in [0.15, 0.2) is 24.3 Å². The van der Waals surface area contributed by atoms with Crippen molar-refractivity contribution in [3.8, 4) is 11.8 Å². The summed E-state index contributed by atoms with van der Waals surface area (Å²) in [5, 5.41) is 8.72. The lowest BCUT2D eigenvalue weighted by atomic mass is 10.1. The van der Waals surface area contributed by atoms with Gasteiger partial charge in [0.15, 0.2) is 0 Å². The second-order valence-corrected chi connectivity index (χ2v) is 3.84. The Hall–Kier alpha value is -1.49. The SMILES string of the molecule is CCCC(C)COc1cccc(C#N)c1. The molecule has 0 aliphatic heterocycles. The largest absolute Gasteiger partial charge is 0.493 e. The van der Waals surface area contributed by atoms with Gasteiger partial charge in [0.1, 0.15) is 5.75 Å². The molecule has 1 atom stereocenters. The molecule has 0 saturated heterocycles. The average molecular weight is 203 g/mol. The Balaban J connectivity index is 2.47. The second kappa shape index (κ2) is 6.08.